The minimum Gasteiger partial charge on any atom is -0.492 e. The molecule has 2 fully saturated rings. The third-order valence-electron chi connectivity index (χ3n) is 5.41. The fourth-order valence-electron chi connectivity index (χ4n) is 3.87. The topological polar surface area (TPSA) is 95.8 Å². The minimum atomic E-state index is -1.32. The number of benzene rings is 1. The second kappa shape index (κ2) is 7.06. The van der Waals surface area contributed by atoms with E-state index in [1.165, 1.54) is 13.3 Å². The Labute approximate surface area is 160 Å². The van der Waals surface area contributed by atoms with E-state index in [4.69, 9.17) is 4.74 Å². The highest BCUT2D eigenvalue weighted by Gasteiger charge is 2.32. The number of aromatic carboxylic acids is 1. The van der Waals surface area contributed by atoms with Gasteiger partial charge in [0, 0.05) is 31.9 Å². The number of methoxy groups -OCH3 is 1. The van der Waals surface area contributed by atoms with Gasteiger partial charge in [-0.2, -0.15) is 0 Å². The zero-order valence-electron chi connectivity index (χ0n) is 15.8. The lowest BCUT2D eigenvalue weighted by molar-refractivity contribution is 0.0695. The average Bonchev–Trinajstić information content (AvgIpc) is 3.52. The van der Waals surface area contributed by atoms with Crippen molar-refractivity contribution in [2.75, 3.05) is 38.7 Å². The summed E-state index contributed by atoms with van der Waals surface area (Å²) >= 11 is 0. The number of nitrogens with one attached hydrogen (secondary N) is 2. The summed E-state index contributed by atoms with van der Waals surface area (Å²) in [5, 5.41) is 15.9. The van der Waals surface area contributed by atoms with E-state index in [1.54, 1.807) is 4.57 Å². The average molecular weight is 390 g/mol. The van der Waals surface area contributed by atoms with E-state index in [-0.39, 0.29) is 28.9 Å². The number of ether oxygens (including phenoxy) is 1. The van der Waals surface area contributed by atoms with E-state index in [2.05, 4.69) is 10.6 Å². The van der Waals surface area contributed by atoms with Gasteiger partial charge in [-0.15, -0.1) is 0 Å². The van der Waals surface area contributed by atoms with Crippen molar-refractivity contribution < 1.29 is 19.0 Å². The van der Waals surface area contributed by atoms with Gasteiger partial charge in [0.05, 0.1) is 24.2 Å². The highest BCUT2D eigenvalue weighted by molar-refractivity contribution is 5.97. The van der Waals surface area contributed by atoms with E-state index in [9.17, 15) is 14.7 Å². The van der Waals surface area contributed by atoms with Crippen LogP contribution in [0.1, 0.15) is 29.2 Å². The van der Waals surface area contributed by atoms with Crippen molar-refractivity contribution in [3.63, 3.8) is 0 Å². The fraction of sp³-hybridized carbons (Fsp3) is 0.474. The number of halogens is 1. The Bertz CT molecular complexity index is 1000. The smallest absolute Gasteiger partial charge is 0.341 e. The van der Waals surface area contributed by atoms with Crippen LogP contribution >= 0.6 is 0 Å². The Hall–Kier alpha value is -2.65. The van der Waals surface area contributed by atoms with Crippen LogP contribution < -0.4 is 25.7 Å². The third kappa shape index (κ3) is 3.00. The number of pyridine rings is 1. The zero-order valence-corrected chi connectivity index (χ0v) is 15.8. The zero-order chi connectivity index (χ0) is 20.0. The lowest BCUT2D eigenvalue weighted by atomic mass is 10.1. The van der Waals surface area contributed by atoms with Crippen LogP contribution in [0.2, 0.25) is 0 Å². The fourth-order valence-corrected chi connectivity index (χ4v) is 3.87. The predicted molar refractivity (Wildman–Crippen MR) is 103 cm³/mol. The van der Waals surface area contributed by atoms with Gasteiger partial charge in [-0.1, -0.05) is 0 Å². The van der Waals surface area contributed by atoms with Gasteiger partial charge in [0.25, 0.3) is 0 Å². The quantitative estimate of drug-likeness (QED) is 0.705. The molecule has 8 nitrogen and oxygen atoms in total. The van der Waals surface area contributed by atoms with Gasteiger partial charge < -0.3 is 24.6 Å². The number of nitrogens with zero attached hydrogens (tertiary/aromatic N) is 2. The van der Waals surface area contributed by atoms with Crippen LogP contribution in [0.3, 0.4) is 0 Å². The molecule has 1 aliphatic heterocycles. The molecule has 2 aliphatic rings. The van der Waals surface area contributed by atoms with Crippen molar-refractivity contribution in [3.05, 3.63) is 33.9 Å². The van der Waals surface area contributed by atoms with Crippen molar-refractivity contribution in [1.82, 2.24) is 15.2 Å². The highest BCUT2D eigenvalue weighted by atomic mass is 19.1. The van der Waals surface area contributed by atoms with Gasteiger partial charge in [0.1, 0.15) is 11.3 Å². The number of anilines is 1. The maximum atomic E-state index is 15.2. The van der Waals surface area contributed by atoms with E-state index in [0.717, 1.165) is 18.9 Å². The maximum absolute atomic E-state index is 15.2. The Morgan fingerprint density at radius 1 is 1.43 bits per heavy atom. The maximum Gasteiger partial charge on any atom is 0.341 e. The normalized spacial score (nSPS) is 19.8. The monoisotopic (exact) mass is 390 g/mol. The molecule has 9 heteroatoms. The molecule has 1 atom stereocenters. The number of fused-ring (bicyclic) bond motifs is 1. The number of likely N-dealkylation sites (N-methyl/N-ethyl adjacent to an activating group) is 1. The Morgan fingerprint density at radius 2 is 2.18 bits per heavy atom. The van der Waals surface area contributed by atoms with Crippen molar-refractivity contribution in [2.45, 2.75) is 25.0 Å². The van der Waals surface area contributed by atoms with Gasteiger partial charge in [-0.05, 0) is 26.0 Å². The number of piperazine rings is 1. The first-order valence-corrected chi connectivity index (χ1v) is 9.30. The van der Waals surface area contributed by atoms with Crippen molar-refractivity contribution in [1.29, 1.82) is 0 Å². The standard InChI is InChI=1S/C19H23FN4O4/c1-21-14-9-23(6-5-22-14)16-13(20)7-11-15(18(16)28-2)24(10-3-4-10)8-12(17(11)25)19(26)27/h7-8,10,14,21-22H,3-6,9H2,1-2H3,(H,26,27)/t14-/m0/s1. The van der Waals surface area contributed by atoms with E-state index >= 15 is 4.39 Å². The van der Waals surface area contributed by atoms with E-state index in [0.29, 0.717) is 30.8 Å². The summed E-state index contributed by atoms with van der Waals surface area (Å²) in [6, 6.07) is 1.23. The number of rotatable bonds is 5. The molecule has 3 N–H and O–H groups in total. The van der Waals surface area contributed by atoms with Crippen LogP contribution in [0.15, 0.2) is 17.1 Å². The van der Waals surface area contributed by atoms with Gasteiger partial charge in [-0.3, -0.25) is 10.1 Å². The molecule has 1 aromatic carbocycles. The van der Waals surface area contributed by atoms with Crippen LogP contribution in [-0.2, 0) is 0 Å². The van der Waals surface area contributed by atoms with Gasteiger partial charge >= 0.3 is 5.97 Å². The van der Waals surface area contributed by atoms with E-state index in [1.807, 2.05) is 11.9 Å². The second-order valence-corrected chi connectivity index (χ2v) is 7.19. The van der Waals surface area contributed by atoms with Crippen LogP contribution in [0.25, 0.3) is 10.9 Å². The second-order valence-electron chi connectivity index (χ2n) is 7.19. The Morgan fingerprint density at radius 3 is 2.79 bits per heavy atom. The molecule has 1 aliphatic carbocycles. The minimum absolute atomic E-state index is 0.00596. The summed E-state index contributed by atoms with van der Waals surface area (Å²) in [5.41, 5.74) is -0.299. The van der Waals surface area contributed by atoms with Crippen LogP contribution in [-0.4, -0.2) is 55.6 Å². The Balaban J connectivity index is 1.99. The molecule has 0 spiro atoms. The third-order valence-corrected chi connectivity index (χ3v) is 5.41. The lowest BCUT2D eigenvalue weighted by Crippen LogP contribution is -2.56. The first kappa shape index (κ1) is 18.7. The largest absolute Gasteiger partial charge is 0.492 e. The number of carboxylic acid groups (broad SMARTS) is 1. The summed E-state index contributed by atoms with van der Waals surface area (Å²) in [4.78, 5) is 26.1. The molecule has 150 valence electrons. The van der Waals surface area contributed by atoms with Crippen molar-refractivity contribution in [3.8, 4) is 5.75 Å². The van der Waals surface area contributed by atoms with Crippen molar-refractivity contribution >= 4 is 22.6 Å². The molecule has 1 saturated carbocycles. The highest BCUT2D eigenvalue weighted by Crippen LogP contribution is 2.43. The number of hydrogen-bond acceptors (Lipinski definition) is 6. The molecule has 4 rings (SSSR count). The Kier molecular flexibility index (Phi) is 4.72. The molecule has 0 radical (unpaired) electrons. The molecule has 0 bridgehead atoms. The summed E-state index contributed by atoms with van der Waals surface area (Å²) in [5.74, 6) is -1.64. The first-order chi connectivity index (χ1) is 13.5. The molecular formula is C19H23FN4O4. The number of carbonyl (C=O) groups is 1. The summed E-state index contributed by atoms with van der Waals surface area (Å²) < 4.78 is 22.6. The van der Waals surface area contributed by atoms with Crippen molar-refractivity contribution in [2.24, 2.45) is 0 Å². The van der Waals surface area contributed by atoms with Crippen LogP contribution in [0.5, 0.6) is 5.75 Å². The van der Waals surface area contributed by atoms with Crippen LogP contribution in [0.4, 0.5) is 10.1 Å². The summed E-state index contributed by atoms with van der Waals surface area (Å²) in [6.07, 6.45) is 3.11. The summed E-state index contributed by atoms with van der Waals surface area (Å²) in [7, 11) is 3.27. The number of aromatic nitrogens is 1. The molecule has 28 heavy (non-hydrogen) atoms. The molecule has 1 saturated heterocycles. The van der Waals surface area contributed by atoms with Gasteiger partial charge in [0.15, 0.2) is 11.6 Å². The van der Waals surface area contributed by atoms with E-state index < -0.39 is 17.2 Å². The molecule has 0 amide bonds. The van der Waals surface area contributed by atoms with Gasteiger partial charge in [0.2, 0.25) is 5.43 Å². The molecule has 2 heterocycles. The first-order valence-electron chi connectivity index (χ1n) is 9.30. The summed E-state index contributed by atoms with van der Waals surface area (Å²) in [6.45, 7) is 1.77. The van der Waals surface area contributed by atoms with Crippen LogP contribution in [0, 0.1) is 5.82 Å². The number of hydrogen-bond donors (Lipinski definition) is 3. The molecule has 2 aromatic rings. The van der Waals surface area contributed by atoms with Gasteiger partial charge in [-0.25, -0.2) is 9.18 Å². The molecular weight excluding hydrogens is 367 g/mol. The number of carboxylic acids is 1. The lowest BCUT2D eigenvalue weighted by Gasteiger charge is -2.36. The SMILES string of the molecule is CN[C@@H]1CN(c2c(F)cc3c(=O)c(C(=O)O)cn(C4CC4)c3c2OC)CCN1. The predicted octanol–water partition coefficient (Wildman–Crippen LogP) is 1.14. The molecule has 1 aromatic heterocycles. The molecule has 0 unspecified atom stereocenters.